The molecular formula is C11H15NO2. The van der Waals surface area contributed by atoms with Crippen molar-refractivity contribution >= 4 is 0 Å². The first kappa shape index (κ1) is 9.34. The summed E-state index contributed by atoms with van der Waals surface area (Å²) in [5.74, 6) is 0.732. The number of phenols is 1. The van der Waals surface area contributed by atoms with Crippen LogP contribution in [-0.4, -0.2) is 11.7 Å². The van der Waals surface area contributed by atoms with E-state index in [1.807, 2.05) is 19.1 Å². The van der Waals surface area contributed by atoms with E-state index in [-0.39, 0.29) is 11.3 Å². The molecular weight excluding hydrogens is 178 g/mol. The molecule has 76 valence electrons. The average molecular weight is 193 g/mol. The SMILES string of the molecule is CCOc1cccc(C2(N)CC2)c1O. The van der Waals surface area contributed by atoms with Crippen LogP contribution in [0.25, 0.3) is 0 Å². The zero-order valence-corrected chi connectivity index (χ0v) is 8.29. The number of hydrogen-bond donors (Lipinski definition) is 2. The lowest BCUT2D eigenvalue weighted by atomic mass is 10.0. The summed E-state index contributed by atoms with van der Waals surface area (Å²) in [7, 11) is 0. The number of aromatic hydroxyl groups is 1. The lowest BCUT2D eigenvalue weighted by Crippen LogP contribution is -2.18. The molecule has 0 bridgehead atoms. The first-order valence-corrected chi connectivity index (χ1v) is 4.91. The molecule has 0 unspecified atom stereocenters. The fraction of sp³-hybridized carbons (Fsp3) is 0.455. The highest BCUT2D eigenvalue weighted by molar-refractivity contribution is 5.50. The van der Waals surface area contributed by atoms with Crippen molar-refractivity contribution in [1.29, 1.82) is 0 Å². The summed E-state index contributed by atoms with van der Waals surface area (Å²) in [6, 6.07) is 5.49. The molecule has 0 spiro atoms. The predicted octanol–water partition coefficient (Wildman–Crippen LogP) is 1.74. The molecule has 0 heterocycles. The van der Waals surface area contributed by atoms with Crippen molar-refractivity contribution in [3.8, 4) is 11.5 Å². The number of hydrogen-bond acceptors (Lipinski definition) is 3. The molecule has 0 amide bonds. The zero-order valence-electron chi connectivity index (χ0n) is 8.29. The molecule has 1 aromatic rings. The van der Waals surface area contributed by atoms with Gasteiger partial charge in [-0.05, 0) is 25.8 Å². The average Bonchev–Trinajstić information content (AvgIpc) is 2.89. The molecule has 3 nitrogen and oxygen atoms in total. The molecule has 3 heteroatoms. The maximum atomic E-state index is 9.89. The minimum atomic E-state index is -0.308. The maximum absolute atomic E-state index is 9.89. The van der Waals surface area contributed by atoms with Crippen LogP contribution in [0.3, 0.4) is 0 Å². The van der Waals surface area contributed by atoms with Gasteiger partial charge in [-0.2, -0.15) is 0 Å². The molecule has 0 radical (unpaired) electrons. The Balaban J connectivity index is 2.37. The topological polar surface area (TPSA) is 55.5 Å². The number of ether oxygens (including phenoxy) is 1. The lowest BCUT2D eigenvalue weighted by Gasteiger charge is -2.14. The van der Waals surface area contributed by atoms with Gasteiger partial charge in [-0.3, -0.25) is 0 Å². The van der Waals surface area contributed by atoms with Crippen molar-refractivity contribution in [2.75, 3.05) is 6.61 Å². The summed E-state index contributed by atoms with van der Waals surface area (Å²) in [4.78, 5) is 0. The largest absolute Gasteiger partial charge is 0.504 e. The van der Waals surface area contributed by atoms with Crippen LogP contribution in [-0.2, 0) is 5.54 Å². The lowest BCUT2D eigenvalue weighted by molar-refractivity contribution is 0.315. The molecule has 14 heavy (non-hydrogen) atoms. The van der Waals surface area contributed by atoms with Gasteiger partial charge in [0.2, 0.25) is 0 Å². The van der Waals surface area contributed by atoms with E-state index in [0.717, 1.165) is 18.4 Å². The highest BCUT2D eigenvalue weighted by atomic mass is 16.5. The van der Waals surface area contributed by atoms with E-state index < -0.39 is 0 Å². The van der Waals surface area contributed by atoms with Crippen LogP contribution in [0.5, 0.6) is 11.5 Å². The Hall–Kier alpha value is -1.22. The van der Waals surface area contributed by atoms with Crippen LogP contribution in [0.1, 0.15) is 25.3 Å². The minimum absolute atomic E-state index is 0.203. The normalized spacial score (nSPS) is 17.9. The summed E-state index contributed by atoms with van der Waals surface area (Å²) in [6.07, 6.45) is 1.88. The van der Waals surface area contributed by atoms with Crippen molar-refractivity contribution < 1.29 is 9.84 Å². The van der Waals surface area contributed by atoms with Crippen molar-refractivity contribution in [3.63, 3.8) is 0 Å². The number of phenolic OH excluding ortho intramolecular Hbond substituents is 1. The third kappa shape index (κ3) is 1.44. The Morgan fingerprint density at radius 3 is 2.79 bits per heavy atom. The molecule has 3 N–H and O–H groups in total. The Morgan fingerprint density at radius 2 is 2.21 bits per heavy atom. The molecule has 0 saturated heterocycles. The Morgan fingerprint density at radius 1 is 1.50 bits per heavy atom. The van der Waals surface area contributed by atoms with E-state index >= 15 is 0 Å². The number of benzene rings is 1. The molecule has 1 saturated carbocycles. The van der Waals surface area contributed by atoms with Crippen LogP contribution >= 0.6 is 0 Å². The summed E-state index contributed by atoms with van der Waals surface area (Å²) in [6.45, 7) is 2.44. The van der Waals surface area contributed by atoms with E-state index in [1.165, 1.54) is 0 Å². The first-order valence-electron chi connectivity index (χ1n) is 4.91. The van der Waals surface area contributed by atoms with Gasteiger partial charge in [0.05, 0.1) is 6.61 Å². The first-order chi connectivity index (χ1) is 6.67. The van der Waals surface area contributed by atoms with E-state index in [9.17, 15) is 5.11 Å². The third-order valence-electron chi connectivity index (χ3n) is 2.62. The van der Waals surface area contributed by atoms with Gasteiger partial charge in [-0.15, -0.1) is 0 Å². The standard InChI is InChI=1S/C11H15NO2/c1-2-14-9-5-3-4-8(10(9)13)11(12)6-7-11/h3-5,13H,2,6-7,12H2,1H3. The van der Waals surface area contributed by atoms with Gasteiger partial charge < -0.3 is 15.6 Å². The van der Waals surface area contributed by atoms with Crippen LogP contribution in [0.4, 0.5) is 0 Å². The van der Waals surface area contributed by atoms with Crippen LogP contribution < -0.4 is 10.5 Å². The summed E-state index contributed by atoms with van der Waals surface area (Å²) >= 11 is 0. The van der Waals surface area contributed by atoms with Gasteiger partial charge in [-0.25, -0.2) is 0 Å². The van der Waals surface area contributed by atoms with Crippen LogP contribution in [0.15, 0.2) is 18.2 Å². The van der Waals surface area contributed by atoms with Gasteiger partial charge in [0.25, 0.3) is 0 Å². The van der Waals surface area contributed by atoms with Gasteiger partial charge in [-0.1, -0.05) is 12.1 Å². The van der Waals surface area contributed by atoms with Crippen molar-refractivity contribution in [2.24, 2.45) is 5.73 Å². The van der Waals surface area contributed by atoms with E-state index in [2.05, 4.69) is 0 Å². The fourth-order valence-corrected chi connectivity index (χ4v) is 1.60. The quantitative estimate of drug-likeness (QED) is 0.768. The third-order valence-corrected chi connectivity index (χ3v) is 2.62. The summed E-state index contributed by atoms with van der Waals surface area (Å²) in [5.41, 5.74) is 6.52. The molecule has 2 rings (SSSR count). The smallest absolute Gasteiger partial charge is 0.162 e. The van der Waals surface area contributed by atoms with E-state index in [1.54, 1.807) is 6.07 Å². The van der Waals surface area contributed by atoms with Crippen LogP contribution in [0.2, 0.25) is 0 Å². The Bertz CT molecular complexity index is 345. The highest BCUT2D eigenvalue weighted by Crippen LogP contribution is 2.48. The Labute approximate surface area is 83.5 Å². The van der Waals surface area contributed by atoms with Crippen molar-refractivity contribution in [3.05, 3.63) is 23.8 Å². The molecule has 1 aromatic carbocycles. The second kappa shape index (κ2) is 3.17. The number of para-hydroxylation sites is 1. The summed E-state index contributed by atoms with van der Waals surface area (Å²) in [5, 5.41) is 9.89. The van der Waals surface area contributed by atoms with Crippen molar-refractivity contribution in [1.82, 2.24) is 0 Å². The number of nitrogens with two attached hydrogens (primary N) is 1. The molecule has 1 aliphatic carbocycles. The second-order valence-corrected chi connectivity index (χ2v) is 3.74. The van der Waals surface area contributed by atoms with Crippen molar-refractivity contribution in [2.45, 2.75) is 25.3 Å². The maximum Gasteiger partial charge on any atom is 0.162 e. The highest BCUT2D eigenvalue weighted by Gasteiger charge is 2.42. The van der Waals surface area contributed by atoms with Gasteiger partial charge >= 0.3 is 0 Å². The Kier molecular flexibility index (Phi) is 2.11. The van der Waals surface area contributed by atoms with E-state index in [4.69, 9.17) is 10.5 Å². The van der Waals surface area contributed by atoms with E-state index in [0.29, 0.717) is 12.4 Å². The van der Waals surface area contributed by atoms with Gasteiger partial charge in [0.1, 0.15) is 0 Å². The molecule has 1 fully saturated rings. The van der Waals surface area contributed by atoms with Gasteiger partial charge in [0.15, 0.2) is 11.5 Å². The summed E-state index contributed by atoms with van der Waals surface area (Å²) < 4.78 is 5.29. The molecule has 1 aliphatic rings. The minimum Gasteiger partial charge on any atom is -0.504 e. The molecule has 0 atom stereocenters. The zero-order chi connectivity index (χ0) is 10.2. The second-order valence-electron chi connectivity index (χ2n) is 3.74. The monoisotopic (exact) mass is 193 g/mol. The van der Waals surface area contributed by atoms with Crippen LogP contribution in [0, 0.1) is 0 Å². The number of rotatable bonds is 3. The molecule has 0 aromatic heterocycles. The molecule has 0 aliphatic heterocycles. The fourth-order valence-electron chi connectivity index (χ4n) is 1.60. The predicted molar refractivity (Wildman–Crippen MR) is 54.4 cm³/mol. The van der Waals surface area contributed by atoms with Gasteiger partial charge in [0, 0.05) is 11.1 Å².